The summed E-state index contributed by atoms with van der Waals surface area (Å²) in [4.78, 5) is 27.7. The van der Waals surface area contributed by atoms with Gasteiger partial charge in [0.25, 0.3) is 5.91 Å². The minimum Gasteiger partial charge on any atom is -0.416 e. The van der Waals surface area contributed by atoms with Crippen LogP contribution in [-0.4, -0.2) is 58.0 Å². The highest BCUT2D eigenvalue weighted by atomic mass is 16.4. The topological polar surface area (TPSA) is 79.5 Å². The molecule has 2 aromatic carbocycles. The molecule has 0 spiro atoms. The van der Waals surface area contributed by atoms with Crippen molar-refractivity contribution in [3.63, 3.8) is 0 Å². The molecule has 0 aliphatic carbocycles. The van der Waals surface area contributed by atoms with Gasteiger partial charge < -0.3 is 14.2 Å². The monoisotopic (exact) mass is 390 g/mol. The Labute approximate surface area is 169 Å². The van der Waals surface area contributed by atoms with E-state index in [9.17, 15) is 9.59 Å². The van der Waals surface area contributed by atoms with Crippen molar-refractivity contribution in [1.29, 1.82) is 0 Å². The molecule has 148 valence electrons. The van der Waals surface area contributed by atoms with Gasteiger partial charge in [-0.3, -0.25) is 9.59 Å². The van der Waals surface area contributed by atoms with E-state index < -0.39 is 0 Å². The Morgan fingerprint density at radius 1 is 0.793 bits per heavy atom. The molecule has 0 saturated carbocycles. The lowest BCUT2D eigenvalue weighted by Crippen LogP contribution is -2.50. The molecule has 1 aromatic heterocycles. The Bertz CT molecular complexity index is 1020. The molecule has 0 N–H and O–H groups in total. The fraction of sp³-hybridized carbons (Fsp3) is 0.273. The summed E-state index contributed by atoms with van der Waals surface area (Å²) in [7, 11) is 0. The molecular weight excluding hydrogens is 368 g/mol. The number of amides is 2. The van der Waals surface area contributed by atoms with Crippen LogP contribution in [0.4, 0.5) is 0 Å². The molecule has 1 fully saturated rings. The highest BCUT2D eigenvalue weighted by molar-refractivity contribution is 5.94. The zero-order valence-electron chi connectivity index (χ0n) is 16.5. The largest absolute Gasteiger partial charge is 0.416 e. The predicted molar refractivity (Wildman–Crippen MR) is 108 cm³/mol. The lowest BCUT2D eigenvalue weighted by atomic mass is 10.1. The third kappa shape index (κ3) is 4.03. The number of hydrogen-bond donors (Lipinski definition) is 0. The summed E-state index contributed by atoms with van der Waals surface area (Å²) in [5.74, 6) is 0.884. The summed E-state index contributed by atoms with van der Waals surface area (Å²) in [6.07, 6.45) is 0. The van der Waals surface area contributed by atoms with Crippen LogP contribution in [0.15, 0.2) is 52.9 Å². The van der Waals surface area contributed by atoms with Crippen molar-refractivity contribution in [3.8, 4) is 22.9 Å². The van der Waals surface area contributed by atoms with E-state index in [2.05, 4.69) is 10.2 Å². The lowest BCUT2D eigenvalue weighted by Gasteiger charge is -2.34. The Balaban J connectivity index is 1.45. The first-order valence-corrected chi connectivity index (χ1v) is 9.57. The average Bonchev–Trinajstić information content (AvgIpc) is 3.24. The molecule has 4 rings (SSSR count). The molecule has 1 saturated heterocycles. The van der Waals surface area contributed by atoms with Gasteiger partial charge in [0.2, 0.25) is 17.7 Å². The van der Waals surface area contributed by atoms with Gasteiger partial charge in [0.15, 0.2) is 0 Å². The summed E-state index contributed by atoms with van der Waals surface area (Å²) in [6, 6.07) is 15.0. The molecule has 0 bridgehead atoms. The van der Waals surface area contributed by atoms with Gasteiger partial charge in [-0.1, -0.05) is 17.7 Å². The maximum absolute atomic E-state index is 12.7. The maximum Gasteiger partial charge on any atom is 0.253 e. The van der Waals surface area contributed by atoms with Crippen molar-refractivity contribution >= 4 is 11.8 Å². The Morgan fingerprint density at radius 2 is 1.28 bits per heavy atom. The number of carbonyl (C=O) groups is 2. The second kappa shape index (κ2) is 7.87. The van der Waals surface area contributed by atoms with Gasteiger partial charge in [-0.2, -0.15) is 0 Å². The SMILES string of the molecule is CC(=O)N1CCN(C(=O)c2ccc(-c3nnc(-c4ccc(C)cc4)o3)cc2)CC1. The number of aryl methyl sites for hydroxylation is 1. The van der Waals surface area contributed by atoms with Crippen molar-refractivity contribution < 1.29 is 14.0 Å². The molecule has 7 nitrogen and oxygen atoms in total. The Morgan fingerprint density at radius 3 is 1.79 bits per heavy atom. The Hall–Kier alpha value is -3.48. The van der Waals surface area contributed by atoms with Gasteiger partial charge in [0, 0.05) is 49.8 Å². The summed E-state index contributed by atoms with van der Waals surface area (Å²) in [6.45, 7) is 5.81. The minimum absolute atomic E-state index is 0.0365. The van der Waals surface area contributed by atoms with Crippen LogP contribution in [0.1, 0.15) is 22.8 Å². The summed E-state index contributed by atoms with van der Waals surface area (Å²) in [5.41, 5.74) is 3.39. The van der Waals surface area contributed by atoms with Gasteiger partial charge in [0.1, 0.15) is 0 Å². The smallest absolute Gasteiger partial charge is 0.253 e. The van der Waals surface area contributed by atoms with Crippen molar-refractivity contribution in [2.75, 3.05) is 26.2 Å². The van der Waals surface area contributed by atoms with Crippen LogP contribution in [0.2, 0.25) is 0 Å². The summed E-state index contributed by atoms with van der Waals surface area (Å²) < 4.78 is 5.79. The van der Waals surface area contributed by atoms with E-state index in [0.717, 1.165) is 16.7 Å². The van der Waals surface area contributed by atoms with Gasteiger partial charge >= 0.3 is 0 Å². The van der Waals surface area contributed by atoms with Gasteiger partial charge in [-0.05, 0) is 43.3 Å². The molecule has 2 heterocycles. The number of benzene rings is 2. The van der Waals surface area contributed by atoms with E-state index in [-0.39, 0.29) is 11.8 Å². The molecular formula is C22H22N4O3. The third-order valence-corrected chi connectivity index (χ3v) is 5.11. The van der Waals surface area contributed by atoms with Crippen LogP contribution in [0.3, 0.4) is 0 Å². The molecule has 7 heteroatoms. The third-order valence-electron chi connectivity index (χ3n) is 5.11. The van der Waals surface area contributed by atoms with Crippen LogP contribution in [-0.2, 0) is 4.79 Å². The standard InChI is InChI=1S/C22H22N4O3/c1-15-3-5-17(6-4-15)20-23-24-21(29-20)18-7-9-19(10-8-18)22(28)26-13-11-25(12-14-26)16(2)27/h3-10H,11-14H2,1-2H3. The first kappa shape index (κ1) is 18.9. The van der Waals surface area contributed by atoms with Crippen LogP contribution in [0.25, 0.3) is 22.9 Å². The van der Waals surface area contributed by atoms with Crippen molar-refractivity contribution in [2.24, 2.45) is 0 Å². The van der Waals surface area contributed by atoms with E-state index in [1.165, 1.54) is 0 Å². The number of rotatable bonds is 3. The second-order valence-electron chi connectivity index (χ2n) is 7.15. The lowest BCUT2D eigenvalue weighted by molar-refractivity contribution is -0.130. The van der Waals surface area contributed by atoms with E-state index >= 15 is 0 Å². The van der Waals surface area contributed by atoms with Gasteiger partial charge in [0.05, 0.1) is 0 Å². The van der Waals surface area contributed by atoms with Crippen molar-refractivity contribution in [1.82, 2.24) is 20.0 Å². The fourth-order valence-corrected chi connectivity index (χ4v) is 3.32. The predicted octanol–water partition coefficient (Wildman–Crippen LogP) is 3.02. The molecule has 0 radical (unpaired) electrons. The number of carbonyl (C=O) groups excluding carboxylic acids is 2. The highest BCUT2D eigenvalue weighted by Gasteiger charge is 2.23. The molecule has 0 atom stereocenters. The minimum atomic E-state index is -0.0365. The first-order valence-electron chi connectivity index (χ1n) is 9.57. The van der Waals surface area contributed by atoms with E-state index in [1.54, 1.807) is 28.9 Å². The van der Waals surface area contributed by atoms with Gasteiger partial charge in [-0.15, -0.1) is 10.2 Å². The molecule has 29 heavy (non-hydrogen) atoms. The van der Waals surface area contributed by atoms with Crippen LogP contribution >= 0.6 is 0 Å². The summed E-state index contributed by atoms with van der Waals surface area (Å²) >= 11 is 0. The number of piperazine rings is 1. The quantitative estimate of drug-likeness (QED) is 0.687. The number of aromatic nitrogens is 2. The maximum atomic E-state index is 12.7. The molecule has 1 aliphatic heterocycles. The van der Waals surface area contributed by atoms with Gasteiger partial charge in [-0.25, -0.2) is 0 Å². The van der Waals surface area contributed by atoms with E-state index in [0.29, 0.717) is 43.5 Å². The van der Waals surface area contributed by atoms with E-state index in [4.69, 9.17) is 4.42 Å². The van der Waals surface area contributed by atoms with Crippen LogP contribution in [0, 0.1) is 6.92 Å². The molecule has 0 unspecified atom stereocenters. The zero-order valence-corrected chi connectivity index (χ0v) is 16.5. The average molecular weight is 390 g/mol. The van der Waals surface area contributed by atoms with E-state index in [1.807, 2.05) is 43.3 Å². The molecule has 2 amide bonds. The molecule has 3 aromatic rings. The summed E-state index contributed by atoms with van der Waals surface area (Å²) in [5, 5.41) is 8.25. The number of hydrogen-bond acceptors (Lipinski definition) is 5. The van der Waals surface area contributed by atoms with Crippen LogP contribution in [0.5, 0.6) is 0 Å². The zero-order chi connectivity index (χ0) is 20.4. The second-order valence-corrected chi connectivity index (χ2v) is 7.15. The highest BCUT2D eigenvalue weighted by Crippen LogP contribution is 2.24. The first-order chi connectivity index (χ1) is 14.0. The molecule has 1 aliphatic rings. The normalized spacial score (nSPS) is 14.1. The Kier molecular flexibility index (Phi) is 5.12. The van der Waals surface area contributed by atoms with Crippen molar-refractivity contribution in [2.45, 2.75) is 13.8 Å². The number of nitrogens with zero attached hydrogens (tertiary/aromatic N) is 4. The fourth-order valence-electron chi connectivity index (χ4n) is 3.32. The van der Waals surface area contributed by atoms with Crippen LogP contribution < -0.4 is 0 Å². The van der Waals surface area contributed by atoms with Crippen molar-refractivity contribution in [3.05, 3.63) is 59.7 Å².